The number of hydrogen-bond donors (Lipinski definition) is 1. The molecule has 1 heterocycles. The van der Waals surface area contributed by atoms with Gasteiger partial charge in [0.05, 0.1) is 13.2 Å². The van der Waals surface area contributed by atoms with Crippen molar-refractivity contribution >= 4 is 11.0 Å². The van der Waals surface area contributed by atoms with Crippen LogP contribution in [0.2, 0.25) is 0 Å². The van der Waals surface area contributed by atoms with Gasteiger partial charge in [0.2, 0.25) is 0 Å². The van der Waals surface area contributed by atoms with Crippen LogP contribution in [0.3, 0.4) is 0 Å². The van der Waals surface area contributed by atoms with Gasteiger partial charge in [0.1, 0.15) is 17.1 Å². The predicted octanol–water partition coefficient (Wildman–Crippen LogP) is 4.72. The lowest BCUT2D eigenvalue weighted by atomic mass is 9.85. The molecule has 1 N–H and O–H groups in total. The van der Waals surface area contributed by atoms with Gasteiger partial charge in [-0.25, -0.2) is 0 Å². The molecular weight excluding hydrogens is 262 g/mol. The van der Waals surface area contributed by atoms with Gasteiger partial charge in [-0.2, -0.15) is 0 Å². The molecule has 2 rings (SSSR count). The van der Waals surface area contributed by atoms with Gasteiger partial charge in [-0.05, 0) is 37.9 Å². The van der Waals surface area contributed by atoms with Crippen molar-refractivity contribution in [3.05, 3.63) is 29.0 Å². The van der Waals surface area contributed by atoms with E-state index in [1.54, 1.807) is 7.11 Å². The van der Waals surface area contributed by atoms with Gasteiger partial charge >= 0.3 is 0 Å². The van der Waals surface area contributed by atoms with E-state index in [1.165, 1.54) is 11.1 Å². The van der Waals surface area contributed by atoms with Crippen LogP contribution in [0.4, 0.5) is 0 Å². The second-order valence-corrected chi connectivity index (χ2v) is 6.67. The van der Waals surface area contributed by atoms with Crippen LogP contribution in [0.1, 0.15) is 57.5 Å². The Hall–Kier alpha value is -1.48. The molecule has 0 aliphatic carbocycles. The first-order valence-corrected chi connectivity index (χ1v) is 7.64. The third kappa shape index (κ3) is 2.93. The van der Waals surface area contributed by atoms with E-state index < -0.39 is 0 Å². The molecule has 0 aliphatic rings. The minimum atomic E-state index is 0.00970. The van der Waals surface area contributed by atoms with E-state index >= 15 is 0 Å². The Morgan fingerprint density at radius 3 is 2.48 bits per heavy atom. The van der Waals surface area contributed by atoms with E-state index in [1.807, 2.05) is 0 Å². The van der Waals surface area contributed by atoms with Gasteiger partial charge in [-0.1, -0.05) is 27.7 Å². The summed E-state index contributed by atoms with van der Waals surface area (Å²) in [7, 11) is 1.71. The van der Waals surface area contributed by atoms with Crippen molar-refractivity contribution in [1.82, 2.24) is 5.32 Å². The van der Waals surface area contributed by atoms with Crippen molar-refractivity contribution in [2.75, 3.05) is 13.7 Å². The zero-order chi connectivity index (χ0) is 15.8. The van der Waals surface area contributed by atoms with Gasteiger partial charge < -0.3 is 14.5 Å². The summed E-state index contributed by atoms with van der Waals surface area (Å²) in [5.41, 5.74) is 3.38. The lowest BCUT2D eigenvalue weighted by molar-refractivity contribution is 0.412. The van der Waals surface area contributed by atoms with E-state index in [4.69, 9.17) is 9.15 Å². The molecule has 3 heteroatoms. The summed E-state index contributed by atoms with van der Waals surface area (Å²) in [4.78, 5) is 0. The van der Waals surface area contributed by atoms with Crippen LogP contribution in [0, 0.1) is 6.92 Å². The van der Waals surface area contributed by atoms with Gasteiger partial charge in [-0.3, -0.25) is 0 Å². The monoisotopic (exact) mass is 289 g/mol. The third-order valence-electron chi connectivity index (χ3n) is 4.00. The molecule has 1 aromatic heterocycles. The van der Waals surface area contributed by atoms with E-state index in [2.05, 4.69) is 59.0 Å². The molecule has 1 atom stereocenters. The van der Waals surface area contributed by atoms with Crippen LogP contribution < -0.4 is 10.1 Å². The summed E-state index contributed by atoms with van der Waals surface area (Å²) in [5, 5.41) is 4.58. The molecule has 1 unspecified atom stereocenters. The second kappa shape index (κ2) is 5.72. The zero-order valence-electron chi connectivity index (χ0n) is 14.3. The fourth-order valence-corrected chi connectivity index (χ4v) is 2.80. The van der Waals surface area contributed by atoms with Crippen LogP contribution in [-0.4, -0.2) is 13.7 Å². The molecule has 116 valence electrons. The molecular formula is C18H27NO2. The molecule has 2 aromatic rings. The normalized spacial score (nSPS) is 13.7. The quantitative estimate of drug-likeness (QED) is 0.884. The Labute approximate surface area is 127 Å². The van der Waals surface area contributed by atoms with Gasteiger partial charge in [0.15, 0.2) is 0 Å². The molecule has 0 radical (unpaired) electrons. The highest BCUT2D eigenvalue weighted by Crippen LogP contribution is 2.39. The molecule has 0 spiro atoms. The molecule has 3 nitrogen and oxygen atoms in total. The van der Waals surface area contributed by atoms with Crippen LogP contribution >= 0.6 is 0 Å². The highest BCUT2D eigenvalue weighted by Gasteiger charge is 2.24. The highest BCUT2D eigenvalue weighted by molar-refractivity contribution is 5.87. The van der Waals surface area contributed by atoms with Crippen LogP contribution in [0.5, 0.6) is 5.75 Å². The number of hydrogen-bond acceptors (Lipinski definition) is 3. The summed E-state index contributed by atoms with van der Waals surface area (Å²) >= 11 is 0. The molecule has 0 fully saturated rings. The molecule has 0 saturated heterocycles. The van der Waals surface area contributed by atoms with Gasteiger partial charge in [0, 0.05) is 16.5 Å². The molecule has 0 aliphatic heterocycles. The SMILES string of the molecule is CCNC(C)c1oc2c(C(C)(C)C)cc(OC)cc2c1C. The summed E-state index contributed by atoms with van der Waals surface area (Å²) in [6, 6.07) is 4.37. The molecule has 1 aromatic carbocycles. The maximum absolute atomic E-state index is 6.25. The van der Waals surface area contributed by atoms with E-state index in [-0.39, 0.29) is 11.5 Å². The Morgan fingerprint density at radius 1 is 1.29 bits per heavy atom. The van der Waals surface area contributed by atoms with Crippen molar-refractivity contribution < 1.29 is 9.15 Å². The van der Waals surface area contributed by atoms with Gasteiger partial charge in [-0.15, -0.1) is 0 Å². The number of furan rings is 1. The van der Waals surface area contributed by atoms with E-state index in [0.29, 0.717) is 0 Å². The van der Waals surface area contributed by atoms with Crippen molar-refractivity contribution in [3.63, 3.8) is 0 Å². The first kappa shape index (κ1) is 15.9. The summed E-state index contributed by atoms with van der Waals surface area (Å²) in [6.07, 6.45) is 0. The van der Waals surface area contributed by atoms with Crippen molar-refractivity contribution in [1.29, 1.82) is 0 Å². The lowest BCUT2D eigenvalue weighted by Gasteiger charge is -2.20. The lowest BCUT2D eigenvalue weighted by Crippen LogP contribution is -2.17. The van der Waals surface area contributed by atoms with Crippen molar-refractivity contribution in [2.24, 2.45) is 0 Å². The van der Waals surface area contributed by atoms with Crippen LogP contribution in [-0.2, 0) is 5.41 Å². The van der Waals surface area contributed by atoms with Crippen LogP contribution in [0.15, 0.2) is 16.5 Å². The molecule has 21 heavy (non-hydrogen) atoms. The minimum Gasteiger partial charge on any atom is -0.497 e. The van der Waals surface area contributed by atoms with Gasteiger partial charge in [0.25, 0.3) is 0 Å². The molecule has 0 saturated carbocycles. The Balaban J connectivity index is 2.71. The zero-order valence-corrected chi connectivity index (χ0v) is 14.3. The number of nitrogens with one attached hydrogen (secondary N) is 1. The summed E-state index contributed by atoms with van der Waals surface area (Å²) in [5.74, 6) is 1.91. The molecule has 0 bridgehead atoms. The van der Waals surface area contributed by atoms with Crippen LogP contribution in [0.25, 0.3) is 11.0 Å². The smallest absolute Gasteiger partial charge is 0.138 e. The maximum atomic E-state index is 6.25. The first-order valence-electron chi connectivity index (χ1n) is 7.64. The Morgan fingerprint density at radius 2 is 1.95 bits per heavy atom. The van der Waals surface area contributed by atoms with E-state index in [0.717, 1.165) is 29.0 Å². The Kier molecular flexibility index (Phi) is 4.33. The number of benzene rings is 1. The number of aryl methyl sites for hydroxylation is 1. The average molecular weight is 289 g/mol. The minimum absolute atomic E-state index is 0.00970. The molecule has 0 amide bonds. The highest BCUT2D eigenvalue weighted by atomic mass is 16.5. The number of rotatable bonds is 4. The third-order valence-corrected chi connectivity index (χ3v) is 4.00. The predicted molar refractivity (Wildman–Crippen MR) is 88.3 cm³/mol. The topological polar surface area (TPSA) is 34.4 Å². The summed E-state index contributed by atoms with van der Waals surface area (Å²) < 4.78 is 11.7. The standard InChI is InChI=1S/C18H27NO2/c1-8-19-12(3)16-11(2)14-9-13(20-7)10-15(17(14)21-16)18(4,5)6/h9-10,12,19H,8H2,1-7H3. The van der Waals surface area contributed by atoms with Crippen molar-refractivity contribution in [3.8, 4) is 5.75 Å². The first-order chi connectivity index (χ1) is 9.79. The maximum Gasteiger partial charge on any atom is 0.138 e. The second-order valence-electron chi connectivity index (χ2n) is 6.67. The number of ether oxygens (including phenoxy) is 1. The Bertz CT molecular complexity index is 635. The number of fused-ring (bicyclic) bond motifs is 1. The average Bonchev–Trinajstić information content (AvgIpc) is 2.74. The fraction of sp³-hybridized carbons (Fsp3) is 0.556. The summed E-state index contributed by atoms with van der Waals surface area (Å²) in [6.45, 7) is 13.9. The van der Waals surface area contributed by atoms with E-state index in [9.17, 15) is 0 Å². The largest absolute Gasteiger partial charge is 0.497 e. The van der Waals surface area contributed by atoms with Crippen molar-refractivity contribution in [2.45, 2.75) is 53.0 Å². The fourth-order valence-electron chi connectivity index (χ4n) is 2.80. The number of methoxy groups -OCH3 is 1.